The molecule has 1 saturated carbocycles. The van der Waals surface area contributed by atoms with Crippen LogP contribution in [0, 0.1) is 5.92 Å². The highest BCUT2D eigenvalue weighted by Crippen LogP contribution is 2.25. The molecule has 0 radical (unpaired) electrons. The number of carbonyl (C=O) groups is 1. The van der Waals surface area contributed by atoms with Crippen molar-refractivity contribution in [2.75, 3.05) is 0 Å². The predicted molar refractivity (Wildman–Crippen MR) is 105 cm³/mol. The van der Waals surface area contributed by atoms with Gasteiger partial charge in [0.25, 0.3) is 5.56 Å². The van der Waals surface area contributed by atoms with Crippen molar-refractivity contribution in [1.82, 2.24) is 19.9 Å². The van der Waals surface area contributed by atoms with Gasteiger partial charge in [0, 0.05) is 11.7 Å². The number of rotatable bonds is 3. The third-order valence-electron chi connectivity index (χ3n) is 5.96. The van der Waals surface area contributed by atoms with E-state index in [-0.39, 0.29) is 24.1 Å². The first-order valence-corrected chi connectivity index (χ1v) is 10.3. The van der Waals surface area contributed by atoms with Gasteiger partial charge < -0.3 is 5.32 Å². The molecule has 2 heterocycles. The predicted octanol–water partition coefficient (Wildman–Crippen LogP) is 2.76. The van der Waals surface area contributed by atoms with Crippen molar-refractivity contribution >= 4 is 16.9 Å². The molecule has 1 N–H and O–H groups in total. The molecule has 1 amide bonds. The molecule has 27 heavy (non-hydrogen) atoms. The summed E-state index contributed by atoms with van der Waals surface area (Å²) >= 11 is 0. The van der Waals surface area contributed by atoms with Crippen LogP contribution in [0.4, 0.5) is 0 Å². The number of aromatic nitrogens is 3. The minimum absolute atomic E-state index is 0.0196. The number of hydrogen-bond donors (Lipinski definition) is 1. The lowest BCUT2D eigenvalue weighted by atomic mass is 9.87. The summed E-state index contributed by atoms with van der Waals surface area (Å²) in [6.45, 7) is 2.25. The molecule has 4 rings (SSSR count). The Bertz CT molecular complexity index is 897. The van der Waals surface area contributed by atoms with Gasteiger partial charge in [0.15, 0.2) is 5.65 Å². The van der Waals surface area contributed by atoms with Gasteiger partial charge in [-0.05, 0) is 49.7 Å². The fraction of sp³-hybridized carbons (Fsp3) is 0.619. The Hall–Kier alpha value is -2.24. The number of carbonyl (C=O) groups excluding carboxylic acids is 1. The first-order valence-electron chi connectivity index (χ1n) is 10.3. The highest BCUT2D eigenvalue weighted by atomic mass is 16.2. The van der Waals surface area contributed by atoms with E-state index in [9.17, 15) is 9.59 Å². The van der Waals surface area contributed by atoms with Crippen molar-refractivity contribution in [1.29, 1.82) is 0 Å². The van der Waals surface area contributed by atoms with Crippen molar-refractivity contribution in [2.45, 2.75) is 77.3 Å². The summed E-state index contributed by atoms with van der Waals surface area (Å²) in [6.07, 6.45) is 11.4. The molecule has 0 unspecified atom stereocenters. The van der Waals surface area contributed by atoms with Crippen molar-refractivity contribution in [2.24, 2.45) is 5.92 Å². The second-order valence-corrected chi connectivity index (χ2v) is 8.25. The van der Waals surface area contributed by atoms with Crippen molar-refractivity contribution in [3.63, 3.8) is 0 Å². The fourth-order valence-corrected chi connectivity index (χ4v) is 4.39. The Morgan fingerprint density at radius 3 is 2.78 bits per heavy atom. The second-order valence-electron chi connectivity index (χ2n) is 8.25. The van der Waals surface area contributed by atoms with Crippen LogP contribution in [0.25, 0.3) is 11.0 Å². The van der Waals surface area contributed by atoms with Crippen molar-refractivity contribution in [3.8, 4) is 0 Å². The monoisotopic (exact) mass is 368 g/mol. The van der Waals surface area contributed by atoms with Crippen LogP contribution in [0.3, 0.4) is 0 Å². The Labute approximate surface area is 159 Å². The SMILES string of the molecule is C[C@H]1CCc2nc3ncn(CC(=O)NC4CCCCCC4)c(=O)c3cc2C1. The van der Waals surface area contributed by atoms with E-state index < -0.39 is 0 Å². The zero-order chi connectivity index (χ0) is 18.8. The fourth-order valence-electron chi connectivity index (χ4n) is 4.39. The Morgan fingerprint density at radius 2 is 2.00 bits per heavy atom. The van der Waals surface area contributed by atoms with Crippen LogP contribution < -0.4 is 10.9 Å². The molecule has 2 aromatic rings. The summed E-state index contributed by atoms with van der Waals surface area (Å²) < 4.78 is 1.41. The van der Waals surface area contributed by atoms with Gasteiger partial charge >= 0.3 is 0 Å². The zero-order valence-corrected chi connectivity index (χ0v) is 16.0. The maximum absolute atomic E-state index is 12.9. The summed E-state index contributed by atoms with van der Waals surface area (Å²) in [6, 6.07) is 2.18. The van der Waals surface area contributed by atoms with Crippen LogP contribution in [-0.4, -0.2) is 26.5 Å². The van der Waals surface area contributed by atoms with Crippen LogP contribution in [0.15, 0.2) is 17.2 Å². The van der Waals surface area contributed by atoms with E-state index in [0.717, 1.165) is 56.2 Å². The first kappa shape index (κ1) is 18.1. The van der Waals surface area contributed by atoms with Gasteiger partial charge in [-0.15, -0.1) is 0 Å². The van der Waals surface area contributed by atoms with E-state index in [1.807, 2.05) is 6.07 Å². The number of nitrogens with zero attached hydrogens (tertiary/aromatic N) is 3. The van der Waals surface area contributed by atoms with E-state index in [0.29, 0.717) is 17.0 Å². The molecular weight excluding hydrogens is 340 g/mol. The molecule has 0 aliphatic heterocycles. The highest BCUT2D eigenvalue weighted by molar-refractivity contribution is 5.78. The lowest BCUT2D eigenvalue weighted by Gasteiger charge is -2.20. The maximum atomic E-state index is 12.9. The molecule has 1 fully saturated rings. The number of fused-ring (bicyclic) bond motifs is 2. The van der Waals surface area contributed by atoms with Gasteiger partial charge in [-0.25, -0.2) is 9.97 Å². The van der Waals surface area contributed by atoms with Crippen LogP contribution in [0.2, 0.25) is 0 Å². The molecule has 144 valence electrons. The van der Waals surface area contributed by atoms with Gasteiger partial charge in [-0.2, -0.15) is 0 Å². The van der Waals surface area contributed by atoms with Gasteiger partial charge in [0.05, 0.1) is 5.39 Å². The lowest BCUT2D eigenvalue weighted by molar-refractivity contribution is -0.122. The topological polar surface area (TPSA) is 76.9 Å². The minimum Gasteiger partial charge on any atom is -0.352 e. The molecule has 6 nitrogen and oxygen atoms in total. The van der Waals surface area contributed by atoms with E-state index in [4.69, 9.17) is 0 Å². The Kier molecular flexibility index (Phi) is 5.23. The van der Waals surface area contributed by atoms with E-state index in [1.54, 1.807) is 0 Å². The van der Waals surface area contributed by atoms with Gasteiger partial charge in [-0.1, -0.05) is 32.6 Å². The molecule has 0 bridgehead atoms. The third-order valence-corrected chi connectivity index (χ3v) is 5.96. The van der Waals surface area contributed by atoms with E-state index in [1.165, 1.54) is 23.7 Å². The average molecular weight is 368 g/mol. The standard InChI is InChI=1S/C21H28N4O2/c1-14-8-9-18-15(10-14)11-17-20(24-18)22-13-25(21(17)27)12-19(26)23-16-6-4-2-3-5-7-16/h11,13-14,16H,2-10,12H2,1H3,(H,23,26)/t14-/m0/s1. The zero-order valence-electron chi connectivity index (χ0n) is 16.0. The minimum atomic E-state index is -0.176. The number of nitrogens with one attached hydrogen (secondary N) is 1. The molecular formula is C21H28N4O2. The van der Waals surface area contributed by atoms with E-state index in [2.05, 4.69) is 22.2 Å². The van der Waals surface area contributed by atoms with Crippen molar-refractivity contribution < 1.29 is 4.79 Å². The third kappa shape index (κ3) is 4.04. The number of pyridine rings is 1. The van der Waals surface area contributed by atoms with Crippen LogP contribution in [0.1, 0.15) is 63.1 Å². The van der Waals surface area contributed by atoms with Crippen LogP contribution in [-0.2, 0) is 24.2 Å². The van der Waals surface area contributed by atoms with E-state index >= 15 is 0 Å². The molecule has 0 spiro atoms. The molecule has 2 aromatic heterocycles. The summed E-state index contributed by atoms with van der Waals surface area (Å²) in [5.74, 6) is 0.505. The van der Waals surface area contributed by atoms with Crippen molar-refractivity contribution in [3.05, 3.63) is 34.0 Å². The van der Waals surface area contributed by atoms with Crippen LogP contribution in [0.5, 0.6) is 0 Å². The number of aryl methyl sites for hydroxylation is 1. The summed E-state index contributed by atoms with van der Waals surface area (Å²) in [7, 11) is 0. The Balaban J connectivity index is 1.54. The molecule has 6 heteroatoms. The van der Waals surface area contributed by atoms with Gasteiger partial charge in [-0.3, -0.25) is 14.2 Å². The highest BCUT2D eigenvalue weighted by Gasteiger charge is 2.20. The Morgan fingerprint density at radius 1 is 1.22 bits per heavy atom. The van der Waals surface area contributed by atoms with Crippen LogP contribution >= 0.6 is 0 Å². The smallest absolute Gasteiger partial charge is 0.263 e. The second kappa shape index (κ2) is 7.79. The maximum Gasteiger partial charge on any atom is 0.263 e. The molecule has 2 aliphatic carbocycles. The van der Waals surface area contributed by atoms with Gasteiger partial charge in [0.1, 0.15) is 12.9 Å². The molecule has 0 aromatic carbocycles. The quantitative estimate of drug-likeness (QED) is 0.845. The summed E-state index contributed by atoms with van der Waals surface area (Å²) in [4.78, 5) is 34.3. The molecule has 0 saturated heterocycles. The number of hydrogen-bond acceptors (Lipinski definition) is 4. The summed E-state index contributed by atoms with van der Waals surface area (Å²) in [5.41, 5.74) is 2.54. The molecule has 1 atom stereocenters. The average Bonchev–Trinajstić information content (AvgIpc) is 2.91. The summed E-state index contributed by atoms with van der Waals surface area (Å²) in [5, 5.41) is 3.62. The lowest BCUT2D eigenvalue weighted by Crippen LogP contribution is -2.38. The first-order chi connectivity index (χ1) is 13.1. The van der Waals surface area contributed by atoms with Gasteiger partial charge in [0.2, 0.25) is 5.91 Å². The molecule has 2 aliphatic rings. The number of amides is 1. The largest absolute Gasteiger partial charge is 0.352 e. The normalized spacial score (nSPS) is 20.9.